The van der Waals surface area contributed by atoms with E-state index in [1.165, 1.54) is 36.8 Å². The first-order chi connectivity index (χ1) is 12.7. The highest BCUT2D eigenvalue weighted by Gasteiger charge is 2.22. The number of fused-ring (bicyclic) bond motifs is 1. The molecule has 4 heteroatoms. The molecule has 144 valence electrons. The summed E-state index contributed by atoms with van der Waals surface area (Å²) >= 11 is 0. The summed E-state index contributed by atoms with van der Waals surface area (Å²) in [5.74, 6) is 1.36. The Bertz CT molecular complexity index is 569. The van der Waals surface area contributed by atoms with Crippen LogP contribution in [-0.2, 0) is 16.0 Å². The molecule has 4 nitrogen and oxygen atoms in total. The monoisotopic (exact) mass is 358 g/mol. The first kappa shape index (κ1) is 19.4. The molecule has 0 bridgehead atoms. The van der Waals surface area contributed by atoms with Crippen molar-refractivity contribution in [3.63, 3.8) is 0 Å². The van der Waals surface area contributed by atoms with Crippen molar-refractivity contribution < 1.29 is 9.53 Å². The van der Waals surface area contributed by atoms with Gasteiger partial charge in [0.1, 0.15) is 0 Å². The van der Waals surface area contributed by atoms with Crippen LogP contribution in [0, 0.1) is 11.8 Å². The van der Waals surface area contributed by atoms with Gasteiger partial charge in [0.2, 0.25) is 5.91 Å². The van der Waals surface area contributed by atoms with E-state index in [2.05, 4.69) is 41.8 Å². The van der Waals surface area contributed by atoms with Gasteiger partial charge < -0.3 is 15.4 Å². The Hall–Kier alpha value is -1.39. The molecule has 2 unspecified atom stereocenters. The molecule has 1 heterocycles. The van der Waals surface area contributed by atoms with Crippen molar-refractivity contribution in [1.82, 2.24) is 10.6 Å². The number of ether oxygens (including phenoxy) is 1. The van der Waals surface area contributed by atoms with Crippen molar-refractivity contribution in [2.75, 3.05) is 26.2 Å². The second-order valence-corrected chi connectivity index (χ2v) is 7.92. The Morgan fingerprint density at radius 3 is 2.92 bits per heavy atom. The topological polar surface area (TPSA) is 50.4 Å². The lowest BCUT2D eigenvalue weighted by Gasteiger charge is -2.28. The summed E-state index contributed by atoms with van der Waals surface area (Å²) in [6, 6.07) is 8.63. The number of piperidine rings is 1. The number of benzene rings is 1. The van der Waals surface area contributed by atoms with Gasteiger partial charge in [0.05, 0.1) is 6.10 Å². The van der Waals surface area contributed by atoms with Crippen molar-refractivity contribution in [3.8, 4) is 0 Å². The van der Waals surface area contributed by atoms with Gasteiger partial charge in [-0.2, -0.15) is 0 Å². The lowest BCUT2D eigenvalue weighted by atomic mass is 9.84. The fraction of sp³-hybridized carbons (Fsp3) is 0.682. The molecule has 1 aliphatic heterocycles. The summed E-state index contributed by atoms with van der Waals surface area (Å²) in [7, 11) is 0. The average Bonchev–Trinajstić information content (AvgIpc) is 2.68. The quantitative estimate of drug-likeness (QED) is 0.698. The standard InChI is InChI=1S/C22H34N2O2/c1-17(18-10-13-23-14-11-18)16-22(25)24-12-5-15-26-21-9-4-7-19-6-2-3-8-20(19)21/h2-3,6,8,17-18,21,23H,4-5,7,9-16H2,1H3,(H,24,25). The smallest absolute Gasteiger partial charge is 0.220 e. The number of carbonyl (C=O) groups is 1. The van der Waals surface area contributed by atoms with E-state index in [9.17, 15) is 4.79 Å². The molecule has 1 fully saturated rings. The van der Waals surface area contributed by atoms with E-state index in [1.807, 2.05) is 0 Å². The molecule has 0 radical (unpaired) electrons. The Balaban J connectivity index is 1.30. The summed E-state index contributed by atoms with van der Waals surface area (Å²) in [6.07, 6.45) is 7.64. The number of hydrogen-bond donors (Lipinski definition) is 2. The minimum absolute atomic E-state index is 0.194. The summed E-state index contributed by atoms with van der Waals surface area (Å²) in [4.78, 5) is 12.2. The first-order valence-corrected chi connectivity index (χ1v) is 10.4. The molecule has 1 aromatic rings. The van der Waals surface area contributed by atoms with Crippen LogP contribution in [0.2, 0.25) is 0 Å². The third-order valence-electron chi connectivity index (χ3n) is 5.97. The molecule has 0 spiro atoms. The molecule has 1 amide bonds. The molecule has 2 N–H and O–H groups in total. The molecule has 3 rings (SSSR count). The molecule has 0 saturated carbocycles. The largest absolute Gasteiger partial charge is 0.373 e. The van der Waals surface area contributed by atoms with Crippen molar-refractivity contribution in [2.45, 2.75) is 58.0 Å². The van der Waals surface area contributed by atoms with E-state index in [4.69, 9.17) is 4.74 Å². The van der Waals surface area contributed by atoms with Crippen molar-refractivity contribution in [2.24, 2.45) is 11.8 Å². The van der Waals surface area contributed by atoms with E-state index in [0.717, 1.165) is 25.9 Å². The van der Waals surface area contributed by atoms with Gasteiger partial charge in [0.15, 0.2) is 0 Å². The second kappa shape index (κ2) is 10.1. The van der Waals surface area contributed by atoms with Crippen LogP contribution < -0.4 is 10.6 Å². The molecule has 1 aromatic carbocycles. The van der Waals surface area contributed by atoms with Gasteiger partial charge in [0.25, 0.3) is 0 Å². The zero-order valence-electron chi connectivity index (χ0n) is 16.1. The minimum atomic E-state index is 0.194. The third kappa shape index (κ3) is 5.55. The van der Waals surface area contributed by atoms with Crippen molar-refractivity contribution in [1.29, 1.82) is 0 Å². The minimum Gasteiger partial charge on any atom is -0.373 e. The lowest BCUT2D eigenvalue weighted by molar-refractivity contribution is -0.122. The second-order valence-electron chi connectivity index (χ2n) is 7.92. The number of rotatable bonds is 8. The highest BCUT2D eigenvalue weighted by molar-refractivity contribution is 5.76. The molecule has 1 saturated heterocycles. The first-order valence-electron chi connectivity index (χ1n) is 10.4. The van der Waals surface area contributed by atoms with Crippen LogP contribution >= 0.6 is 0 Å². The fourth-order valence-corrected chi connectivity index (χ4v) is 4.35. The number of nitrogens with one attached hydrogen (secondary N) is 2. The van der Waals surface area contributed by atoms with E-state index in [-0.39, 0.29) is 12.0 Å². The maximum atomic E-state index is 12.2. The van der Waals surface area contributed by atoms with Crippen LogP contribution in [0.15, 0.2) is 24.3 Å². The van der Waals surface area contributed by atoms with E-state index < -0.39 is 0 Å². The van der Waals surface area contributed by atoms with Gasteiger partial charge in [-0.05, 0) is 74.6 Å². The van der Waals surface area contributed by atoms with Gasteiger partial charge >= 0.3 is 0 Å². The van der Waals surface area contributed by atoms with Crippen LogP contribution in [0.1, 0.15) is 62.7 Å². The summed E-state index contributed by atoms with van der Waals surface area (Å²) in [6.45, 7) is 5.84. The third-order valence-corrected chi connectivity index (χ3v) is 5.97. The van der Waals surface area contributed by atoms with Crippen LogP contribution in [0.3, 0.4) is 0 Å². The van der Waals surface area contributed by atoms with Gasteiger partial charge in [-0.1, -0.05) is 31.2 Å². The predicted molar refractivity (Wildman–Crippen MR) is 105 cm³/mol. The van der Waals surface area contributed by atoms with Crippen LogP contribution in [0.5, 0.6) is 0 Å². The highest BCUT2D eigenvalue weighted by Crippen LogP contribution is 2.32. The molecule has 1 aliphatic carbocycles. The van der Waals surface area contributed by atoms with Crippen molar-refractivity contribution in [3.05, 3.63) is 35.4 Å². The summed E-state index contributed by atoms with van der Waals surface area (Å²) < 4.78 is 6.11. The molecular formula is C22H34N2O2. The number of aryl methyl sites for hydroxylation is 1. The van der Waals surface area contributed by atoms with Gasteiger partial charge in [-0.3, -0.25) is 4.79 Å². The number of hydrogen-bond acceptors (Lipinski definition) is 3. The molecule has 26 heavy (non-hydrogen) atoms. The Morgan fingerprint density at radius 1 is 1.27 bits per heavy atom. The van der Waals surface area contributed by atoms with Gasteiger partial charge in [-0.15, -0.1) is 0 Å². The SMILES string of the molecule is CC(CC(=O)NCCCOC1CCCc2ccccc21)C1CCNCC1. The average molecular weight is 359 g/mol. The maximum Gasteiger partial charge on any atom is 0.220 e. The summed E-state index contributed by atoms with van der Waals surface area (Å²) in [5, 5.41) is 6.46. The number of amides is 1. The van der Waals surface area contributed by atoms with E-state index in [1.54, 1.807) is 0 Å². The zero-order valence-corrected chi connectivity index (χ0v) is 16.1. The fourth-order valence-electron chi connectivity index (χ4n) is 4.35. The van der Waals surface area contributed by atoms with Crippen LogP contribution in [-0.4, -0.2) is 32.1 Å². The highest BCUT2D eigenvalue weighted by atomic mass is 16.5. The lowest BCUT2D eigenvalue weighted by Crippen LogP contribution is -2.33. The normalized spacial score (nSPS) is 21.8. The molecule has 2 atom stereocenters. The zero-order chi connectivity index (χ0) is 18.2. The Kier molecular flexibility index (Phi) is 7.51. The predicted octanol–water partition coefficient (Wildman–Crippen LogP) is 3.61. The Morgan fingerprint density at radius 2 is 2.08 bits per heavy atom. The molecular weight excluding hydrogens is 324 g/mol. The maximum absolute atomic E-state index is 12.2. The van der Waals surface area contributed by atoms with E-state index in [0.29, 0.717) is 31.4 Å². The van der Waals surface area contributed by atoms with Crippen LogP contribution in [0.25, 0.3) is 0 Å². The molecule has 2 aliphatic rings. The van der Waals surface area contributed by atoms with Gasteiger partial charge in [-0.25, -0.2) is 0 Å². The summed E-state index contributed by atoms with van der Waals surface area (Å²) in [5.41, 5.74) is 2.79. The Labute approximate surface area is 158 Å². The number of carbonyl (C=O) groups excluding carboxylic acids is 1. The van der Waals surface area contributed by atoms with Crippen LogP contribution in [0.4, 0.5) is 0 Å². The van der Waals surface area contributed by atoms with E-state index >= 15 is 0 Å². The van der Waals surface area contributed by atoms with Crippen molar-refractivity contribution >= 4 is 5.91 Å². The molecule has 0 aromatic heterocycles. The van der Waals surface area contributed by atoms with Gasteiger partial charge in [0, 0.05) is 19.6 Å².